The number of nitrogens with zero attached hydrogens (tertiary/aromatic N) is 1. The molecular weight excluding hydrogens is 306 g/mol. The van der Waals surface area contributed by atoms with Crippen molar-refractivity contribution in [3.63, 3.8) is 0 Å². The Bertz CT molecular complexity index is 592. The van der Waals surface area contributed by atoms with Crippen LogP contribution in [0.1, 0.15) is 5.56 Å². The highest BCUT2D eigenvalue weighted by Gasteiger charge is 2.34. The van der Waals surface area contributed by atoms with E-state index in [-0.39, 0.29) is 17.7 Å². The number of hydrogen-bond acceptors (Lipinski definition) is 6. The summed E-state index contributed by atoms with van der Waals surface area (Å²) in [5, 5.41) is -0.289. The van der Waals surface area contributed by atoms with Crippen LogP contribution in [-0.4, -0.2) is 50.5 Å². The highest BCUT2D eigenvalue weighted by atomic mass is 32.2. The zero-order valence-electron chi connectivity index (χ0n) is 12.6. The molecule has 0 atom stereocenters. The fourth-order valence-corrected chi connectivity index (χ4v) is 2.80. The van der Waals surface area contributed by atoms with Crippen LogP contribution in [0.4, 0.5) is 4.79 Å². The summed E-state index contributed by atoms with van der Waals surface area (Å²) in [4.78, 5) is 25.6. The van der Waals surface area contributed by atoms with E-state index in [1.54, 1.807) is 38.5 Å². The molecule has 1 aromatic carbocycles. The lowest BCUT2D eigenvalue weighted by Crippen LogP contribution is -2.31. The molecule has 0 unspecified atom stereocenters. The molecule has 1 heterocycles. The van der Waals surface area contributed by atoms with Crippen LogP contribution >= 0.6 is 11.8 Å². The molecule has 1 aliphatic rings. The molecule has 2 amide bonds. The van der Waals surface area contributed by atoms with Crippen LogP contribution in [0.15, 0.2) is 23.1 Å². The summed E-state index contributed by atoms with van der Waals surface area (Å²) >= 11 is 0.915. The molecule has 0 aliphatic carbocycles. The van der Waals surface area contributed by atoms with E-state index in [4.69, 9.17) is 14.2 Å². The molecule has 1 aromatic rings. The first kappa shape index (κ1) is 16.4. The van der Waals surface area contributed by atoms with Crippen molar-refractivity contribution in [1.29, 1.82) is 0 Å². The quantitative estimate of drug-likeness (QED) is 0.749. The van der Waals surface area contributed by atoms with Gasteiger partial charge in [0.1, 0.15) is 11.5 Å². The summed E-state index contributed by atoms with van der Waals surface area (Å²) in [5.74, 6) is 0.919. The van der Waals surface area contributed by atoms with Crippen molar-refractivity contribution < 1.29 is 23.8 Å². The Morgan fingerprint density at radius 1 is 1.09 bits per heavy atom. The van der Waals surface area contributed by atoms with Gasteiger partial charge in [0.25, 0.3) is 11.1 Å². The van der Waals surface area contributed by atoms with Crippen LogP contribution in [-0.2, 0) is 9.53 Å². The molecule has 0 saturated carbocycles. The normalized spacial score (nSPS) is 16.5. The Morgan fingerprint density at radius 3 is 2.27 bits per heavy atom. The van der Waals surface area contributed by atoms with Gasteiger partial charge in [-0.25, -0.2) is 0 Å². The van der Waals surface area contributed by atoms with Crippen molar-refractivity contribution in [3.05, 3.63) is 28.7 Å². The molecule has 118 valence electrons. The van der Waals surface area contributed by atoms with Gasteiger partial charge in [-0.05, 0) is 35.5 Å². The van der Waals surface area contributed by atoms with Gasteiger partial charge in [0.05, 0.1) is 32.3 Å². The number of methoxy groups -OCH3 is 3. The first-order valence-corrected chi connectivity index (χ1v) is 7.38. The van der Waals surface area contributed by atoms with E-state index in [1.165, 1.54) is 12.0 Å². The smallest absolute Gasteiger partial charge is 0.293 e. The number of carbonyl (C=O) groups is 2. The van der Waals surface area contributed by atoms with Crippen molar-refractivity contribution >= 4 is 29.0 Å². The average molecular weight is 323 g/mol. The second kappa shape index (κ2) is 7.33. The van der Waals surface area contributed by atoms with E-state index in [0.29, 0.717) is 23.0 Å². The third-order valence-corrected chi connectivity index (χ3v) is 3.97. The number of carbonyl (C=O) groups excluding carboxylic acids is 2. The minimum absolute atomic E-state index is 0.250. The number of imide groups is 1. The molecule has 7 heteroatoms. The minimum Gasteiger partial charge on any atom is -0.497 e. The van der Waals surface area contributed by atoms with E-state index >= 15 is 0 Å². The zero-order chi connectivity index (χ0) is 16.1. The second-order valence-electron chi connectivity index (χ2n) is 4.47. The van der Waals surface area contributed by atoms with Gasteiger partial charge in [0.2, 0.25) is 0 Å². The molecule has 22 heavy (non-hydrogen) atoms. The molecule has 0 spiro atoms. The van der Waals surface area contributed by atoms with Crippen LogP contribution in [0.2, 0.25) is 0 Å². The van der Waals surface area contributed by atoms with Crippen LogP contribution in [0.25, 0.3) is 6.08 Å². The van der Waals surface area contributed by atoms with E-state index in [1.807, 2.05) is 0 Å². The maximum atomic E-state index is 12.2. The van der Waals surface area contributed by atoms with E-state index in [9.17, 15) is 9.59 Å². The van der Waals surface area contributed by atoms with Crippen molar-refractivity contribution in [2.24, 2.45) is 0 Å². The molecule has 1 saturated heterocycles. The van der Waals surface area contributed by atoms with Crippen LogP contribution in [0, 0.1) is 0 Å². The Labute approximate surface area is 133 Å². The number of ether oxygens (including phenoxy) is 3. The van der Waals surface area contributed by atoms with Crippen molar-refractivity contribution in [2.75, 3.05) is 34.5 Å². The second-order valence-corrected chi connectivity index (χ2v) is 5.47. The van der Waals surface area contributed by atoms with Crippen molar-refractivity contribution in [3.8, 4) is 11.5 Å². The largest absolute Gasteiger partial charge is 0.497 e. The first-order valence-electron chi connectivity index (χ1n) is 6.56. The summed E-state index contributed by atoms with van der Waals surface area (Å²) < 4.78 is 15.3. The lowest BCUT2D eigenvalue weighted by Gasteiger charge is -2.10. The molecule has 0 N–H and O–H groups in total. The number of rotatable bonds is 6. The molecule has 1 aliphatic heterocycles. The molecule has 0 aromatic heterocycles. The molecule has 1 fully saturated rings. The number of benzene rings is 1. The van der Waals surface area contributed by atoms with Gasteiger partial charge < -0.3 is 14.2 Å². The Morgan fingerprint density at radius 2 is 1.73 bits per heavy atom. The highest BCUT2D eigenvalue weighted by Crippen LogP contribution is 2.33. The molecule has 0 bridgehead atoms. The number of thioether (sulfide) groups is 1. The zero-order valence-corrected chi connectivity index (χ0v) is 13.4. The summed E-state index contributed by atoms with van der Waals surface area (Å²) in [6.45, 7) is 0.568. The Hall–Kier alpha value is -1.99. The van der Waals surface area contributed by atoms with Gasteiger partial charge in [0.15, 0.2) is 0 Å². The average Bonchev–Trinajstić information content (AvgIpc) is 2.79. The van der Waals surface area contributed by atoms with Gasteiger partial charge in [-0.2, -0.15) is 0 Å². The number of amides is 2. The van der Waals surface area contributed by atoms with Crippen LogP contribution in [0.5, 0.6) is 11.5 Å². The first-order chi connectivity index (χ1) is 10.6. The maximum Gasteiger partial charge on any atom is 0.293 e. The third kappa shape index (κ3) is 3.61. The predicted octanol–water partition coefficient (Wildman–Crippen LogP) is 2.39. The highest BCUT2D eigenvalue weighted by molar-refractivity contribution is 8.18. The van der Waals surface area contributed by atoms with E-state index in [0.717, 1.165) is 17.3 Å². The standard InChI is InChI=1S/C15H17NO5S/c1-19-5-4-16-14(17)13(22-15(16)18)8-10-6-11(20-2)9-12(7-10)21-3/h6-9H,4-5H2,1-3H3/b13-8+. The topological polar surface area (TPSA) is 65.1 Å². The molecular formula is C15H17NO5S. The summed E-state index contributed by atoms with van der Waals surface area (Å²) in [5.41, 5.74) is 0.730. The monoisotopic (exact) mass is 323 g/mol. The van der Waals surface area contributed by atoms with E-state index < -0.39 is 0 Å². The van der Waals surface area contributed by atoms with Gasteiger partial charge in [0, 0.05) is 13.2 Å². The molecule has 6 nitrogen and oxygen atoms in total. The lowest BCUT2D eigenvalue weighted by atomic mass is 10.2. The van der Waals surface area contributed by atoms with Crippen LogP contribution < -0.4 is 9.47 Å². The van der Waals surface area contributed by atoms with E-state index in [2.05, 4.69) is 0 Å². The SMILES string of the molecule is COCCN1C(=O)S/C(=C/c2cc(OC)cc(OC)c2)C1=O. The summed E-state index contributed by atoms with van der Waals surface area (Å²) in [7, 11) is 4.63. The molecule has 2 rings (SSSR count). The number of hydrogen-bond donors (Lipinski definition) is 0. The lowest BCUT2D eigenvalue weighted by molar-refractivity contribution is -0.123. The predicted molar refractivity (Wildman–Crippen MR) is 84.1 cm³/mol. The minimum atomic E-state index is -0.311. The molecule has 0 radical (unpaired) electrons. The summed E-state index contributed by atoms with van der Waals surface area (Å²) in [6, 6.07) is 5.28. The van der Waals surface area contributed by atoms with Gasteiger partial charge in [-0.1, -0.05) is 0 Å². The summed E-state index contributed by atoms with van der Waals surface area (Å²) in [6.07, 6.45) is 1.66. The van der Waals surface area contributed by atoms with Gasteiger partial charge >= 0.3 is 0 Å². The Kier molecular flexibility index (Phi) is 5.46. The Balaban J connectivity index is 2.26. The van der Waals surface area contributed by atoms with Crippen LogP contribution in [0.3, 0.4) is 0 Å². The fraction of sp³-hybridized carbons (Fsp3) is 0.333. The van der Waals surface area contributed by atoms with Crippen molar-refractivity contribution in [2.45, 2.75) is 0 Å². The fourth-order valence-electron chi connectivity index (χ4n) is 1.94. The maximum absolute atomic E-state index is 12.2. The van der Waals surface area contributed by atoms with Crippen molar-refractivity contribution in [1.82, 2.24) is 4.90 Å². The van der Waals surface area contributed by atoms with Gasteiger partial charge in [-0.15, -0.1) is 0 Å². The third-order valence-electron chi connectivity index (χ3n) is 3.06. The van der Waals surface area contributed by atoms with Gasteiger partial charge in [-0.3, -0.25) is 14.5 Å².